The minimum atomic E-state index is -1.12. The smallest absolute Gasteiger partial charge is 0.349 e. The molecule has 2 aromatic carbocycles. The van der Waals surface area contributed by atoms with Crippen molar-refractivity contribution >= 4 is 11.9 Å². The zero-order chi connectivity index (χ0) is 21.8. The second-order valence-corrected chi connectivity index (χ2v) is 7.86. The molecule has 1 fully saturated rings. The minimum absolute atomic E-state index is 0.126. The van der Waals surface area contributed by atoms with Gasteiger partial charge in [0.25, 0.3) is 0 Å². The number of nitrogens with two attached hydrogens (primary N) is 2. The van der Waals surface area contributed by atoms with Crippen molar-refractivity contribution in [3.05, 3.63) is 59.2 Å². The fourth-order valence-electron chi connectivity index (χ4n) is 3.93. The average molecular weight is 426 g/mol. The van der Waals surface area contributed by atoms with E-state index in [-0.39, 0.29) is 12.1 Å². The lowest BCUT2D eigenvalue weighted by atomic mass is 10.0. The Bertz CT molecular complexity index is 964. The van der Waals surface area contributed by atoms with Gasteiger partial charge in [0.1, 0.15) is 17.6 Å². The predicted octanol–water partition coefficient (Wildman–Crippen LogP) is 1.79. The number of benzene rings is 2. The summed E-state index contributed by atoms with van der Waals surface area (Å²) in [4.78, 5) is 11.9. The first-order valence-corrected chi connectivity index (χ1v) is 10.5. The van der Waals surface area contributed by atoms with Crippen molar-refractivity contribution in [2.45, 2.75) is 38.0 Å². The van der Waals surface area contributed by atoms with Crippen LogP contribution in [0.4, 0.5) is 0 Å². The molecule has 0 spiro atoms. The number of carboxylic acids is 1. The zero-order valence-corrected chi connectivity index (χ0v) is 17.3. The molecule has 0 aliphatic carbocycles. The lowest BCUT2D eigenvalue weighted by molar-refractivity contribution is -0.549. The molecule has 0 amide bonds. The van der Waals surface area contributed by atoms with Crippen LogP contribution in [0.3, 0.4) is 0 Å². The molecule has 0 bridgehead atoms. The van der Waals surface area contributed by atoms with E-state index in [9.17, 15) is 9.90 Å². The molecule has 5 N–H and O–H groups in total. The predicted molar refractivity (Wildman–Crippen MR) is 114 cm³/mol. The lowest BCUT2D eigenvalue weighted by Gasteiger charge is -2.23. The highest BCUT2D eigenvalue weighted by molar-refractivity contribution is 5.75. The van der Waals surface area contributed by atoms with E-state index in [1.807, 2.05) is 22.8 Å². The van der Waals surface area contributed by atoms with Gasteiger partial charge in [-0.25, -0.2) is 4.79 Å². The van der Waals surface area contributed by atoms with E-state index in [1.165, 1.54) is 5.56 Å². The molecule has 2 heterocycles. The van der Waals surface area contributed by atoms with Crippen LogP contribution in [-0.4, -0.2) is 47.5 Å². The normalized spacial score (nSPS) is 17.5. The highest BCUT2D eigenvalue weighted by Gasteiger charge is 2.24. The Labute approximate surface area is 181 Å². The van der Waals surface area contributed by atoms with E-state index in [1.54, 1.807) is 24.3 Å². The van der Waals surface area contributed by atoms with Gasteiger partial charge in [-0.15, -0.1) is 0 Å². The van der Waals surface area contributed by atoms with Gasteiger partial charge in [-0.3, -0.25) is 16.0 Å². The van der Waals surface area contributed by atoms with Crippen molar-refractivity contribution in [2.24, 2.45) is 11.5 Å². The Kier molecular flexibility index (Phi) is 6.27. The van der Waals surface area contributed by atoms with Gasteiger partial charge in [0.05, 0.1) is 26.3 Å². The highest BCUT2D eigenvalue weighted by atomic mass is 16.5. The van der Waals surface area contributed by atoms with Crippen LogP contribution in [0, 0.1) is 0 Å². The fourth-order valence-corrected chi connectivity index (χ4v) is 3.93. The summed E-state index contributed by atoms with van der Waals surface area (Å²) in [5.41, 5.74) is 14.2. The Morgan fingerprint density at radius 3 is 2.45 bits per heavy atom. The number of rotatable bonds is 6. The van der Waals surface area contributed by atoms with Crippen LogP contribution in [0.2, 0.25) is 0 Å². The quantitative estimate of drug-likeness (QED) is 0.476. The number of carbonyl (C=O) groups is 1. The van der Waals surface area contributed by atoms with E-state index in [0.717, 1.165) is 31.4 Å². The maximum Gasteiger partial charge on any atom is 0.349 e. The first-order valence-electron chi connectivity index (χ1n) is 10.5. The van der Waals surface area contributed by atoms with Gasteiger partial charge in [-0.1, -0.05) is 18.2 Å². The Balaban J connectivity index is 1.48. The van der Waals surface area contributed by atoms with Gasteiger partial charge < -0.3 is 19.3 Å². The second-order valence-electron chi connectivity index (χ2n) is 7.86. The number of nitrogens with zero attached hydrogens (tertiary/aromatic N) is 1. The van der Waals surface area contributed by atoms with Crippen LogP contribution in [0.25, 0.3) is 0 Å². The molecule has 0 aromatic heterocycles. The topological polar surface area (TPSA) is 120 Å². The number of carboxylic acid groups (broad SMARTS) is 1. The Hall–Kier alpha value is -3.26. The van der Waals surface area contributed by atoms with Crippen LogP contribution in [0.15, 0.2) is 42.5 Å². The van der Waals surface area contributed by atoms with Crippen LogP contribution in [-0.2, 0) is 22.5 Å². The molecule has 164 valence electrons. The average Bonchev–Trinajstić information content (AvgIpc) is 2.78. The summed E-state index contributed by atoms with van der Waals surface area (Å²) in [6, 6.07) is 12.7. The monoisotopic (exact) mass is 426 g/mol. The molecule has 4 rings (SSSR count). The van der Waals surface area contributed by atoms with Crippen molar-refractivity contribution in [1.82, 2.24) is 0 Å². The van der Waals surface area contributed by atoms with Gasteiger partial charge >= 0.3 is 11.9 Å². The summed E-state index contributed by atoms with van der Waals surface area (Å²) in [6.07, 6.45) is 1.53. The van der Waals surface area contributed by atoms with Gasteiger partial charge in [-0.05, 0) is 35.4 Å². The van der Waals surface area contributed by atoms with Crippen LogP contribution < -0.4 is 20.9 Å². The molecule has 8 heteroatoms. The third-order valence-corrected chi connectivity index (χ3v) is 5.69. The first kappa shape index (κ1) is 21.0. The third-order valence-electron chi connectivity index (χ3n) is 5.69. The van der Waals surface area contributed by atoms with E-state index in [0.29, 0.717) is 36.8 Å². The summed E-state index contributed by atoms with van der Waals surface area (Å²) in [5, 5.41) is 9.76. The summed E-state index contributed by atoms with van der Waals surface area (Å²) >= 11 is 0. The van der Waals surface area contributed by atoms with Crippen LogP contribution in [0.5, 0.6) is 11.5 Å². The molecule has 2 aliphatic heterocycles. The van der Waals surface area contributed by atoms with Gasteiger partial charge in [0.2, 0.25) is 6.10 Å². The second kappa shape index (κ2) is 9.26. The van der Waals surface area contributed by atoms with Crippen molar-refractivity contribution in [3.63, 3.8) is 0 Å². The third kappa shape index (κ3) is 5.08. The van der Waals surface area contributed by atoms with Crippen molar-refractivity contribution < 1.29 is 28.7 Å². The van der Waals surface area contributed by atoms with Gasteiger partial charge in [0, 0.05) is 24.8 Å². The van der Waals surface area contributed by atoms with E-state index in [2.05, 4.69) is 0 Å². The lowest BCUT2D eigenvalue weighted by Crippen LogP contribution is -2.38. The van der Waals surface area contributed by atoms with E-state index in [4.69, 9.17) is 25.7 Å². The molecule has 1 atom stereocenters. The molecular formula is C23H28N3O5+. The summed E-state index contributed by atoms with van der Waals surface area (Å²) in [5.74, 6) is 0.427. The van der Waals surface area contributed by atoms with Crippen molar-refractivity contribution in [1.29, 1.82) is 0 Å². The van der Waals surface area contributed by atoms with E-state index < -0.39 is 12.1 Å². The molecule has 0 radical (unpaired) electrons. The molecule has 0 saturated carbocycles. The molecule has 8 nitrogen and oxygen atoms in total. The number of guanidine groups is 1. The van der Waals surface area contributed by atoms with Gasteiger partial charge in [-0.2, -0.15) is 0 Å². The first-order chi connectivity index (χ1) is 15.0. The fraction of sp³-hybridized carbons (Fsp3) is 0.391. The van der Waals surface area contributed by atoms with Crippen LogP contribution in [0.1, 0.15) is 35.6 Å². The highest BCUT2D eigenvalue weighted by Crippen LogP contribution is 2.28. The number of fused-ring (bicyclic) bond motifs is 1. The molecule has 2 aromatic rings. The Morgan fingerprint density at radius 2 is 1.77 bits per heavy atom. The van der Waals surface area contributed by atoms with Gasteiger partial charge in [0.15, 0.2) is 0 Å². The Morgan fingerprint density at radius 1 is 1.06 bits per heavy atom. The number of ether oxygens (including phenoxy) is 3. The molecule has 1 saturated heterocycles. The maximum atomic E-state index is 11.9. The molecule has 2 aliphatic rings. The molecule has 31 heavy (non-hydrogen) atoms. The minimum Gasteiger partial charge on any atom is -0.490 e. The molecular weight excluding hydrogens is 398 g/mol. The number of hydrogen-bond donors (Lipinski definition) is 3. The zero-order valence-electron chi connectivity index (χ0n) is 17.3. The number of hydrogen-bond acceptors (Lipinski definition) is 4. The van der Waals surface area contributed by atoms with Crippen LogP contribution >= 0.6 is 0 Å². The van der Waals surface area contributed by atoms with Crippen molar-refractivity contribution in [2.75, 3.05) is 19.8 Å². The molecule has 1 unspecified atom stereocenters. The summed E-state index contributed by atoms with van der Waals surface area (Å²) < 4.78 is 19.1. The summed E-state index contributed by atoms with van der Waals surface area (Å²) in [6.45, 7) is 2.73. The SMILES string of the molecule is NC(N)=[N+]1CCc2ccc(OC(C(=O)O)c3ccc(OC4CCOCC4)cc3)cc2C1. The van der Waals surface area contributed by atoms with E-state index >= 15 is 0 Å². The largest absolute Gasteiger partial charge is 0.490 e. The summed E-state index contributed by atoms with van der Waals surface area (Å²) in [7, 11) is 0. The number of aliphatic carboxylic acids is 1. The van der Waals surface area contributed by atoms with Crippen molar-refractivity contribution in [3.8, 4) is 11.5 Å². The standard InChI is InChI=1S/C23H27N3O5/c24-23(25)26-10-7-15-1-6-20(13-17(15)14-26)31-21(22(27)28)16-2-4-18(5-3-16)30-19-8-11-29-12-9-19/h1-6,13,19,21H,7-12,14H2,(H4,24,25,27,28)/p+1. The maximum absolute atomic E-state index is 11.9.